The van der Waals surface area contributed by atoms with Gasteiger partial charge >= 0.3 is 0 Å². The largest absolute Gasteiger partial charge is 0.487 e. The van der Waals surface area contributed by atoms with E-state index in [4.69, 9.17) is 16.3 Å². The second kappa shape index (κ2) is 9.25. The monoisotopic (exact) mass is 414 g/mol. The molecular formula is C25H19ClN2O2. The molecule has 4 aromatic rings. The van der Waals surface area contributed by atoms with E-state index in [1.165, 1.54) is 0 Å². The lowest BCUT2D eigenvalue weighted by Gasteiger charge is -2.08. The molecule has 0 aromatic heterocycles. The Morgan fingerprint density at radius 2 is 1.70 bits per heavy atom. The molecule has 0 spiro atoms. The number of ether oxygens (including phenoxy) is 1. The molecule has 30 heavy (non-hydrogen) atoms. The Hall–Kier alpha value is -3.63. The number of nitrogens with one attached hydrogen (secondary N) is 1. The minimum atomic E-state index is -0.267. The fourth-order valence-corrected chi connectivity index (χ4v) is 3.34. The summed E-state index contributed by atoms with van der Waals surface area (Å²) in [7, 11) is 0. The minimum absolute atomic E-state index is 0.267. The van der Waals surface area contributed by atoms with Crippen LogP contribution in [0.2, 0.25) is 5.02 Å². The molecule has 0 saturated heterocycles. The summed E-state index contributed by atoms with van der Waals surface area (Å²) in [6.45, 7) is 0.440. The topological polar surface area (TPSA) is 50.7 Å². The van der Waals surface area contributed by atoms with Crippen LogP contribution in [0.3, 0.4) is 0 Å². The van der Waals surface area contributed by atoms with Gasteiger partial charge in [-0.1, -0.05) is 78.3 Å². The molecule has 1 amide bonds. The lowest BCUT2D eigenvalue weighted by atomic mass is 10.0. The number of fused-ring (bicyclic) bond motifs is 1. The van der Waals surface area contributed by atoms with E-state index in [-0.39, 0.29) is 5.91 Å². The third-order valence-corrected chi connectivity index (χ3v) is 4.90. The van der Waals surface area contributed by atoms with Crippen LogP contribution in [0, 0.1) is 0 Å². The van der Waals surface area contributed by atoms with E-state index in [0.717, 1.165) is 21.9 Å². The fourth-order valence-electron chi connectivity index (χ4n) is 3.10. The molecule has 0 atom stereocenters. The maximum atomic E-state index is 12.5. The summed E-state index contributed by atoms with van der Waals surface area (Å²) in [5, 5.41) is 6.44. The predicted molar refractivity (Wildman–Crippen MR) is 121 cm³/mol. The van der Waals surface area contributed by atoms with Crippen molar-refractivity contribution in [2.45, 2.75) is 6.61 Å². The quantitative estimate of drug-likeness (QED) is 0.318. The van der Waals surface area contributed by atoms with Crippen molar-refractivity contribution < 1.29 is 9.53 Å². The molecule has 0 aliphatic carbocycles. The first kappa shape index (κ1) is 19.7. The first-order valence-corrected chi connectivity index (χ1v) is 9.86. The SMILES string of the molecule is O=C(N/N=C\c1ccc(OCc2ccccc2)c(Cl)c1)c1cccc2ccccc12. The van der Waals surface area contributed by atoms with E-state index in [2.05, 4.69) is 10.5 Å². The van der Waals surface area contributed by atoms with Gasteiger partial charge in [-0.15, -0.1) is 0 Å². The summed E-state index contributed by atoms with van der Waals surface area (Å²) < 4.78 is 5.77. The van der Waals surface area contributed by atoms with Crippen LogP contribution < -0.4 is 10.2 Å². The standard InChI is InChI=1S/C25H19ClN2O2/c26-23-15-19(13-14-24(23)30-17-18-7-2-1-3-8-18)16-27-28-25(29)22-12-6-10-20-9-4-5-11-21(20)22/h1-16H,17H2,(H,28,29)/b27-16-. The molecule has 4 rings (SSSR count). The van der Waals surface area contributed by atoms with Crippen molar-refractivity contribution in [3.63, 3.8) is 0 Å². The van der Waals surface area contributed by atoms with Crippen LogP contribution in [0.1, 0.15) is 21.5 Å². The molecule has 0 saturated carbocycles. The first-order chi connectivity index (χ1) is 14.7. The highest BCUT2D eigenvalue weighted by atomic mass is 35.5. The van der Waals surface area contributed by atoms with Crippen LogP contribution in [0.25, 0.3) is 10.8 Å². The zero-order chi connectivity index (χ0) is 20.8. The van der Waals surface area contributed by atoms with Crippen LogP contribution in [0.5, 0.6) is 5.75 Å². The highest BCUT2D eigenvalue weighted by Crippen LogP contribution is 2.26. The normalized spacial score (nSPS) is 11.0. The van der Waals surface area contributed by atoms with Crippen LogP contribution >= 0.6 is 11.6 Å². The molecule has 4 nitrogen and oxygen atoms in total. The summed E-state index contributed by atoms with van der Waals surface area (Å²) in [4.78, 5) is 12.5. The number of rotatable bonds is 6. The average Bonchev–Trinajstić information content (AvgIpc) is 2.79. The summed E-state index contributed by atoms with van der Waals surface area (Å²) in [5.41, 5.74) is 4.97. The maximum Gasteiger partial charge on any atom is 0.271 e. The van der Waals surface area contributed by atoms with E-state index in [0.29, 0.717) is 22.9 Å². The van der Waals surface area contributed by atoms with Crippen molar-refractivity contribution in [3.8, 4) is 5.75 Å². The Balaban J connectivity index is 1.40. The number of hydrogen-bond acceptors (Lipinski definition) is 3. The molecule has 148 valence electrons. The molecule has 1 N–H and O–H groups in total. The van der Waals surface area contributed by atoms with Gasteiger partial charge in [0.25, 0.3) is 5.91 Å². The van der Waals surface area contributed by atoms with Crippen LogP contribution in [0.15, 0.2) is 96.1 Å². The van der Waals surface area contributed by atoms with Gasteiger partial charge in [0.2, 0.25) is 0 Å². The van der Waals surface area contributed by atoms with E-state index in [1.807, 2.05) is 72.8 Å². The van der Waals surface area contributed by atoms with E-state index >= 15 is 0 Å². The Morgan fingerprint density at radius 1 is 0.933 bits per heavy atom. The lowest BCUT2D eigenvalue weighted by Crippen LogP contribution is -2.17. The number of nitrogens with zero attached hydrogens (tertiary/aromatic N) is 1. The number of carbonyl (C=O) groups excluding carboxylic acids is 1. The lowest BCUT2D eigenvalue weighted by molar-refractivity contribution is 0.0957. The molecule has 0 unspecified atom stereocenters. The van der Waals surface area contributed by atoms with Gasteiger partial charge in [-0.25, -0.2) is 5.43 Å². The van der Waals surface area contributed by atoms with Crippen LogP contribution in [-0.4, -0.2) is 12.1 Å². The number of carbonyl (C=O) groups is 1. The van der Waals surface area contributed by atoms with Crippen molar-refractivity contribution in [1.29, 1.82) is 0 Å². The second-order valence-electron chi connectivity index (χ2n) is 6.69. The first-order valence-electron chi connectivity index (χ1n) is 9.48. The molecule has 0 heterocycles. The van der Waals surface area contributed by atoms with E-state index in [9.17, 15) is 4.79 Å². The number of amides is 1. The van der Waals surface area contributed by atoms with Crippen molar-refractivity contribution in [3.05, 3.63) is 113 Å². The molecule has 4 aromatic carbocycles. The van der Waals surface area contributed by atoms with Gasteiger partial charge in [-0.3, -0.25) is 4.79 Å². The highest BCUT2D eigenvalue weighted by molar-refractivity contribution is 6.32. The summed E-state index contributed by atoms with van der Waals surface area (Å²) >= 11 is 6.32. The van der Waals surface area contributed by atoms with Gasteiger partial charge in [0.1, 0.15) is 12.4 Å². The summed E-state index contributed by atoms with van der Waals surface area (Å²) in [5.74, 6) is 0.328. The second-order valence-corrected chi connectivity index (χ2v) is 7.10. The third-order valence-electron chi connectivity index (χ3n) is 4.61. The van der Waals surface area contributed by atoms with Gasteiger partial charge in [-0.05, 0) is 46.2 Å². The molecule has 0 aliphatic rings. The maximum absolute atomic E-state index is 12.5. The van der Waals surface area contributed by atoms with Gasteiger partial charge in [0.15, 0.2) is 0 Å². The smallest absolute Gasteiger partial charge is 0.271 e. The molecule has 0 bridgehead atoms. The van der Waals surface area contributed by atoms with Gasteiger partial charge in [0.05, 0.1) is 11.2 Å². The van der Waals surface area contributed by atoms with E-state index in [1.54, 1.807) is 24.4 Å². The van der Waals surface area contributed by atoms with Crippen molar-refractivity contribution in [1.82, 2.24) is 5.43 Å². The zero-order valence-electron chi connectivity index (χ0n) is 16.1. The Kier molecular flexibility index (Phi) is 6.06. The van der Waals surface area contributed by atoms with Crippen LogP contribution in [-0.2, 0) is 6.61 Å². The molecule has 0 radical (unpaired) electrons. The minimum Gasteiger partial charge on any atom is -0.487 e. The Bertz CT molecular complexity index is 1200. The van der Waals surface area contributed by atoms with Gasteiger partial charge in [0, 0.05) is 5.56 Å². The van der Waals surface area contributed by atoms with Crippen molar-refractivity contribution in [2.24, 2.45) is 5.10 Å². The van der Waals surface area contributed by atoms with Crippen molar-refractivity contribution >= 4 is 34.5 Å². The molecule has 0 aliphatic heterocycles. The zero-order valence-corrected chi connectivity index (χ0v) is 16.8. The fraction of sp³-hybridized carbons (Fsp3) is 0.0400. The molecule has 5 heteroatoms. The van der Waals surface area contributed by atoms with Gasteiger partial charge < -0.3 is 4.74 Å². The number of halogens is 1. The van der Waals surface area contributed by atoms with E-state index < -0.39 is 0 Å². The summed E-state index contributed by atoms with van der Waals surface area (Å²) in [6.07, 6.45) is 1.55. The predicted octanol–water partition coefficient (Wildman–Crippen LogP) is 5.84. The Labute approximate surface area is 179 Å². The van der Waals surface area contributed by atoms with Crippen LogP contribution in [0.4, 0.5) is 0 Å². The molecular weight excluding hydrogens is 396 g/mol. The van der Waals surface area contributed by atoms with Crippen molar-refractivity contribution in [2.75, 3.05) is 0 Å². The number of hydrazone groups is 1. The average molecular weight is 415 g/mol. The Morgan fingerprint density at radius 3 is 2.53 bits per heavy atom. The summed E-state index contributed by atoms with van der Waals surface area (Å²) in [6, 6.07) is 28.6. The molecule has 0 fully saturated rings. The highest BCUT2D eigenvalue weighted by Gasteiger charge is 2.08. The third kappa shape index (κ3) is 4.67. The number of hydrogen-bond donors (Lipinski definition) is 1. The van der Waals surface area contributed by atoms with Gasteiger partial charge in [-0.2, -0.15) is 5.10 Å². The number of benzene rings is 4.